The number of benzene rings is 7. The van der Waals surface area contributed by atoms with Gasteiger partial charge < -0.3 is 14.5 Å². The van der Waals surface area contributed by atoms with Crippen molar-refractivity contribution in [1.29, 1.82) is 0 Å². The average Bonchev–Trinajstić information content (AvgIpc) is 4.32. The van der Waals surface area contributed by atoms with Crippen LogP contribution in [0.25, 0.3) is 161 Å². The van der Waals surface area contributed by atoms with E-state index >= 15 is 0 Å². The van der Waals surface area contributed by atoms with Crippen molar-refractivity contribution < 1.29 is 0 Å². The molecule has 2 N–H and O–H groups in total. The van der Waals surface area contributed by atoms with Crippen LogP contribution in [0, 0.1) is 0 Å². The molecule has 2 aliphatic heterocycles. The number of aromatic amines is 2. The highest BCUT2D eigenvalue weighted by Crippen LogP contribution is 2.51. The van der Waals surface area contributed by atoms with Gasteiger partial charge in [0.1, 0.15) is 0 Å². The van der Waals surface area contributed by atoms with Crippen LogP contribution in [0.1, 0.15) is 0 Å². The Labute approximate surface area is 441 Å². The largest absolute Gasteiger partial charge is 0.353 e. The van der Waals surface area contributed by atoms with Crippen LogP contribution in [0.15, 0.2) is 243 Å². The maximum absolute atomic E-state index is 5.99. The van der Waals surface area contributed by atoms with Crippen LogP contribution in [-0.4, -0.2) is 39.5 Å². The molecule has 1 aliphatic carbocycles. The van der Waals surface area contributed by atoms with Crippen molar-refractivity contribution in [2.75, 3.05) is 0 Å². The van der Waals surface area contributed by atoms with Crippen molar-refractivity contribution >= 4 is 65.4 Å². The van der Waals surface area contributed by atoms with Gasteiger partial charge in [0.2, 0.25) is 0 Å². The van der Waals surface area contributed by atoms with E-state index in [1.165, 1.54) is 0 Å². The number of hydrogen-bond donors (Lipinski definition) is 2. The van der Waals surface area contributed by atoms with Gasteiger partial charge in [-0.2, -0.15) is 0 Å². The van der Waals surface area contributed by atoms with Gasteiger partial charge in [0, 0.05) is 84.4 Å². The Morgan fingerprint density at radius 3 is 1.27 bits per heavy atom. The van der Waals surface area contributed by atoms with Gasteiger partial charge in [-0.25, -0.2) is 9.97 Å². The van der Waals surface area contributed by atoms with Gasteiger partial charge in [0.25, 0.3) is 0 Å². The molecule has 0 radical (unpaired) electrons. The lowest BCUT2D eigenvalue weighted by Crippen LogP contribution is -1.93. The zero-order chi connectivity index (χ0) is 50.6. The van der Waals surface area contributed by atoms with Crippen molar-refractivity contribution in [2.24, 2.45) is 0 Å². The Kier molecular flexibility index (Phi) is 9.46. The Morgan fingerprint density at radius 2 is 0.727 bits per heavy atom. The third-order valence-electron chi connectivity index (χ3n) is 15.4. The summed E-state index contributed by atoms with van der Waals surface area (Å²) in [6.07, 6.45) is 5.62. The second-order valence-electron chi connectivity index (χ2n) is 19.6. The lowest BCUT2D eigenvalue weighted by atomic mass is 9.95. The van der Waals surface area contributed by atoms with Crippen LogP contribution in [0.3, 0.4) is 0 Å². The van der Waals surface area contributed by atoms with E-state index in [0.29, 0.717) is 0 Å². The van der Waals surface area contributed by atoms with E-state index in [-0.39, 0.29) is 0 Å². The Bertz CT molecular complexity index is 4870. The number of para-hydroxylation sites is 2. The molecule has 0 saturated heterocycles. The maximum atomic E-state index is 5.99. The van der Waals surface area contributed by atoms with Crippen molar-refractivity contribution in [2.45, 2.75) is 0 Å². The van der Waals surface area contributed by atoms with E-state index in [1.807, 2.05) is 42.9 Å². The first kappa shape index (κ1) is 42.9. The molecule has 8 bridgehead atoms. The molecule has 358 valence electrons. The lowest BCUT2D eigenvalue weighted by Gasteiger charge is -2.10. The quantitative estimate of drug-likeness (QED) is 0.179. The standard InChI is InChI=1S/C69H42N8/c1-4-20-41(21-5-1)56-60-46-27-10-11-28-47(46)62(73-60)58(43-35-36-55-52(40-43)45-26-14-15-34-54(45)77(55)44-24-8-3-9-25-44)64-50-31-18-38-71-66(50)68(75-64)57(42-22-6-2-7-23-42)61-48-29-12-13-30-49(48)63(74-61)59(53-33-16-17-37-70-53)65-51-32-19-39-72-67(51)69(56)76-65/h1-40,73-74H. The highest BCUT2D eigenvalue weighted by molar-refractivity contribution is 6.22. The summed E-state index contributed by atoms with van der Waals surface area (Å²) >= 11 is 0. The Morgan fingerprint density at radius 1 is 0.286 bits per heavy atom. The summed E-state index contributed by atoms with van der Waals surface area (Å²) in [5, 5.41) is 6.43. The molecule has 8 nitrogen and oxygen atoms in total. The van der Waals surface area contributed by atoms with Crippen molar-refractivity contribution in [1.82, 2.24) is 39.5 Å². The predicted octanol–water partition coefficient (Wildman–Crippen LogP) is 17.2. The number of nitrogens with zero attached hydrogens (tertiary/aromatic N) is 6. The van der Waals surface area contributed by atoms with Crippen molar-refractivity contribution in [3.05, 3.63) is 243 Å². The number of nitrogens with one attached hydrogen (secondary N) is 2. The molecule has 0 atom stereocenters. The molecule has 77 heavy (non-hydrogen) atoms. The molecule has 0 amide bonds. The Balaban J connectivity index is 1.19. The van der Waals surface area contributed by atoms with Gasteiger partial charge >= 0.3 is 0 Å². The number of fused-ring (bicyclic) bond motifs is 3. The summed E-state index contributed by atoms with van der Waals surface area (Å²) in [5.41, 5.74) is 21.0. The molecule has 13 aromatic rings. The number of rotatable bonds is 5. The van der Waals surface area contributed by atoms with Crippen molar-refractivity contribution in [3.8, 4) is 95.6 Å². The monoisotopic (exact) mass is 982 g/mol. The topological polar surface area (TPSA) is 101 Å². The minimum atomic E-state index is 0.758. The first-order chi connectivity index (χ1) is 38.2. The van der Waals surface area contributed by atoms with Crippen LogP contribution in [-0.2, 0) is 0 Å². The number of pyridine rings is 3. The van der Waals surface area contributed by atoms with Gasteiger partial charge in [-0.05, 0) is 83.4 Å². The van der Waals surface area contributed by atoms with Crippen molar-refractivity contribution in [3.63, 3.8) is 0 Å². The second-order valence-corrected chi connectivity index (χ2v) is 19.6. The minimum Gasteiger partial charge on any atom is -0.353 e. The summed E-state index contributed by atoms with van der Waals surface area (Å²) in [5.74, 6) is 0. The average molecular weight is 983 g/mol. The van der Waals surface area contributed by atoms with E-state index in [2.05, 4.69) is 215 Å². The number of H-pyrrole nitrogens is 2. The molecule has 3 aliphatic rings. The summed E-state index contributed by atoms with van der Waals surface area (Å²) in [6.45, 7) is 0. The van der Waals surface area contributed by atoms with Gasteiger partial charge in [-0.15, -0.1) is 0 Å². The molecule has 0 saturated carbocycles. The van der Waals surface area contributed by atoms with E-state index in [4.69, 9.17) is 24.9 Å². The third kappa shape index (κ3) is 6.49. The molecular formula is C69H42N8. The summed E-state index contributed by atoms with van der Waals surface area (Å²) < 4.78 is 2.37. The lowest BCUT2D eigenvalue weighted by molar-refractivity contribution is 1.18. The fourth-order valence-corrected chi connectivity index (χ4v) is 12.2. The highest BCUT2D eigenvalue weighted by atomic mass is 15.0. The van der Waals surface area contributed by atoms with Gasteiger partial charge in [-0.1, -0.05) is 158 Å². The van der Waals surface area contributed by atoms with Gasteiger partial charge in [0.15, 0.2) is 0 Å². The normalized spacial score (nSPS) is 11.9. The minimum absolute atomic E-state index is 0.758. The van der Waals surface area contributed by atoms with Crippen LogP contribution >= 0.6 is 0 Å². The maximum Gasteiger partial charge on any atom is 0.1000 e. The number of aromatic nitrogens is 8. The fraction of sp³-hybridized carbons (Fsp3) is 0. The molecule has 16 rings (SSSR count). The molecule has 0 unspecified atom stereocenters. The molecule has 6 aromatic heterocycles. The highest BCUT2D eigenvalue weighted by Gasteiger charge is 2.31. The van der Waals surface area contributed by atoms with Gasteiger partial charge in [-0.3, -0.25) is 15.0 Å². The van der Waals surface area contributed by atoms with E-state index in [9.17, 15) is 0 Å². The summed E-state index contributed by atoms with van der Waals surface area (Å²) in [4.78, 5) is 35.7. The third-order valence-corrected chi connectivity index (χ3v) is 15.4. The van der Waals surface area contributed by atoms with E-state index in [1.54, 1.807) is 0 Å². The zero-order valence-electron chi connectivity index (χ0n) is 41.3. The van der Waals surface area contributed by atoms with Crippen LogP contribution in [0.4, 0.5) is 0 Å². The Hall–Kier alpha value is -10.6. The summed E-state index contributed by atoms with van der Waals surface area (Å²) in [7, 11) is 0. The fourth-order valence-electron chi connectivity index (χ4n) is 12.2. The van der Waals surface area contributed by atoms with Gasteiger partial charge in [0.05, 0.1) is 78.5 Å². The molecular weight excluding hydrogens is 941 g/mol. The van der Waals surface area contributed by atoms with E-state index in [0.717, 1.165) is 161 Å². The SMILES string of the molecule is c1ccc(-c2c3nc(c(-c4ccccn4)c4[nH]c(c(-c5ccccc5)c5nc(c(-c6ccc7c(c6)c6ccccc6n7-c6ccccc6)c6[nH]c2c2ccccc62)-c2cccnc2-5)c2ccccc42)-c2cccnc2-3)cc1. The molecule has 7 aromatic carbocycles. The molecule has 0 fully saturated rings. The first-order valence-corrected chi connectivity index (χ1v) is 25.9. The first-order valence-electron chi connectivity index (χ1n) is 25.9. The van der Waals surface area contributed by atoms with E-state index < -0.39 is 0 Å². The van der Waals surface area contributed by atoms with Crippen LogP contribution < -0.4 is 0 Å². The predicted molar refractivity (Wildman–Crippen MR) is 314 cm³/mol. The number of hydrogen-bond acceptors (Lipinski definition) is 5. The summed E-state index contributed by atoms with van der Waals surface area (Å²) in [6, 6.07) is 79.2. The molecule has 8 heteroatoms. The second kappa shape index (κ2) is 17.0. The van der Waals surface area contributed by atoms with Crippen LogP contribution in [0.5, 0.6) is 0 Å². The zero-order valence-corrected chi connectivity index (χ0v) is 41.3. The molecule has 8 heterocycles. The smallest absolute Gasteiger partial charge is 0.1000 e. The molecule has 0 spiro atoms. The van der Waals surface area contributed by atoms with Crippen LogP contribution in [0.2, 0.25) is 0 Å².